The number of likely N-dealkylation sites (N-methyl/N-ethyl adjacent to an activating group) is 1. The highest BCUT2D eigenvalue weighted by Crippen LogP contribution is 2.06. The van der Waals surface area contributed by atoms with Crippen LogP contribution in [0.25, 0.3) is 0 Å². The second-order valence-corrected chi connectivity index (χ2v) is 3.28. The molecule has 0 aliphatic carbocycles. The summed E-state index contributed by atoms with van der Waals surface area (Å²) >= 11 is 0. The summed E-state index contributed by atoms with van der Waals surface area (Å²) in [6.45, 7) is 2.37. The van der Waals surface area contributed by atoms with Crippen LogP contribution in [-0.2, 0) is 6.42 Å². The second-order valence-electron chi connectivity index (χ2n) is 3.28. The monoisotopic (exact) mass is 228 g/mol. The summed E-state index contributed by atoms with van der Waals surface area (Å²) < 4.78 is 38.4. The van der Waals surface area contributed by atoms with Gasteiger partial charge in [-0.05, 0) is 26.0 Å². The lowest BCUT2D eigenvalue weighted by Crippen LogP contribution is -2.31. The predicted octanol–water partition coefficient (Wildman–Crippen LogP) is 2.60. The number of rotatable bonds is 4. The molecule has 0 heterocycles. The number of benzene rings is 1. The molecule has 0 N–H and O–H groups in total. The van der Waals surface area contributed by atoms with Crippen LogP contribution in [0.1, 0.15) is 19.3 Å². The van der Waals surface area contributed by atoms with Gasteiger partial charge in [0.1, 0.15) is 0 Å². The van der Waals surface area contributed by atoms with Crippen LogP contribution in [-0.4, -0.2) is 24.5 Å². The molecule has 1 aromatic rings. The van der Waals surface area contributed by atoms with Crippen LogP contribution < -0.4 is 0 Å². The smallest absolute Gasteiger partial charge is 0.0626 e. The molecule has 0 fully saturated rings. The maximum Gasteiger partial charge on any atom is 0.0626 e. The van der Waals surface area contributed by atoms with Crippen LogP contribution in [0.4, 0.5) is 0 Å². The van der Waals surface area contributed by atoms with Crippen LogP contribution in [0.2, 0.25) is 0 Å². The molecule has 82 valence electrons. The molecule has 0 bridgehead atoms. The van der Waals surface area contributed by atoms with E-state index >= 15 is 0 Å². The van der Waals surface area contributed by atoms with Gasteiger partial charge >= 0.3 is 0 Å². The van der Waals surface area contributed by atoms with Gasteiger partial charge in [-0.2, -0.15) is 0 Å². The van der Waals surface area contributed by atoms with E-state index < -0.39 is 0 Å². The highest BCUT2D eigenvalue weighted by atomic mass is 35.5. The van der Waals surface area contributed by atoms with Gasteiger partial charge in [-0.1, -0.05) is 36.1 Å². The molecule has 1 rings (SSSR count). The molecule has 0 saturated carbocycles. The van der Waals surface area contributed by atoms with Crippen molar-refractivity contribution in [2.75, 3.05) is 13.6 Å². The van der Waals surface area contributed by atoms with Gasteiger partial charge in [-0.25, -0.2) is 0 Å². The lowest BCUT2D eigenvalue weighted by molar-refractivity contribution is 0.287. The summed E-state index contributed by atoms with van der Waals surface area (Å²) in [5.41, 5.74) is 0.336. The van der Waals surface area contributed by atoms with E-state index in [-0.39, 0.29) is 48.7 Å². The molecule has 0 aliphatic rings. The minimum absolute atomic E-state index is 0. The van der Waals surface area contributed by atoms with Crippen molar-refractivity contribution in [1.82, 2.24) is 4.90 Å². The van der Waals surface area contributed by atoms with Crippen molar-refractivity contribution in [2.24, 2.45) is 0 Å². The first-order chi connectivity index (χ1) is 8.81. The first kappa shape index (κ1) is 7.33. The van der Waals surface area contributed by atoms with Crippen LogP contribution in [0.3, 0.4) is 0 Å². The van der Waals surface area contributed by atoms with E-state index in [0.29, 0.717) is 18.5 Å². The molecule has 0 saturated heterocycles. The number of halogens is 1. The molecule has 1 unspecified atom stereocenters. The van der Waals surface area contributed by atoms with Gasteiger partial charge in [0.2, 0.25) is 0 Å². The molecular weight excluding hydrogens is 206 g/mol. The maximum atomic E-state index is 7.84. The first-order valence-corrected chi connectivity index (χ1v) is 4.50. The molecule has 0 radical (unpaired) electrons. The summed E-state index contributed by atoms with van der Waals surface area (Å²) in [7, 11) is 1.85. The van der Waals surface area contributed by atoms with E-state index in [4.69, 9.17) is 13.3 Å². The van der Waals surface area contributed by atoms with E-state index in [0.717, 1.165) is 0 Å². The van der Waals surface area contributed by atoms with Gasteiger partial charge in [-0.3, -0.25) is 4.90 Å². The van der Waals surface area contributed by atoms with Gasteiger partial charge in [0.05, 0.1) is 13.4 Å². The summed E-state index contributed by atoms with van der Waals surface area (Å²) in [6, 6.07) is -1.20. The SMILES string of the molecule is Cl.[2H]c1c([2H])c([2H])c(CC(C)N(C)CC#C)c([2H])c1[2H]. The topological polar surface area (TPSA) is 3.24 Å². The highest BCUT2D eigenvalue weighted by molar-refractivity contribution is 5.85. The fraction of sp³-hybridized carbons (Fsp3) is 0.385. The van der Waals surface area contributed by atoms with Crippen molar-refractivity contribution in [3.05, 3.63) is 35.8 Å². The van der Waals surface area contributed by atoms with Crippen molar-refractivity contribution >= 4 is 12.4 Å². The molecule has 0 spiro atoms. The van der Waals surface area contributed by atoms with Gasteiger partial charge in [0.25, 0.3) is 0 Å². The molecule has 1 nitrogen and oxygen atoms in total. The zero-order chi connectivity index (χ0) is 14.7. The van der Waals surface area contributed by atoms with Crippen LogP contribution in [0, 0.1) is 12.3 Å². The molecule has 0 aliphatic heterocycles. The Kier molecular flexibility index (Phi) is 3.58. The molecule has 15 heavy (non-hydrogen) atoms. The number of nitrogens with zero attached hydrogens (tertiary/aromatic N) is 1. The molecule has 0 amide bonds. The summed E-state index contributed by atoms with van der Waals surface area (Å²) in [5.74, 6) is 2.52. The highest BCUT2D eigenvalue weighted by Gasteiger charge is 2.07. The Hall–Kier alpha value is -0.970. The minimum atomic E-state index is -0.358. The summed E-state index contributed by atoms with van der Waals surface area (Å²) in [4.78, 5) is 1.90. The lowest BCUT2D eigenvalue weighted by Gasteiger charge is -2.22. The number of terminal acetylenes is 1. The third-order valence-corrected chi connectivity index (χ3v) is 2.14. The molecule has 0 aromatic heterocycles. The van der Waals surface area contributed by atoms with E-state index in [9.17, 15) is 0 Å². The molecule has 1 aromatic carbocycles. The lowest BCUT2D eigenvalue weighted by atomic mass is 10.1. The Labute approximate surface area is 106 Å². The summed E-state index contributed by atoms with van der Waals surface area (Å²) in [6.07, 6.45) is 5.61. The quantitative estimate of drug-likeness (QED) is 0.717. The van der Waals surface area contributed by atoms with Gasteiger partial charge in [0, 0.05) is 6.04 Å². The fourth-order valence-corrected chi connectivity index (χ4v) is 1.13. The predicted molar refractivity (Wildman–Crippen MR) is 68.3 cm³/mol. The van der Waals surface area contributed by atoms with Crippen molar-refractivity contribution in [1.29, 1.82) is 0 Å². The second kappa shape index (κ2) is 7.34. The standard InChI is InChI=1S/C13H17N.ClH/c1-4-10-14(3)12(2)11-13-8-6-5-7-9-13;/h1,5-9,12H,10-11H2,2-3H3;1H/i5D,6D,7D,8D,9D;. The van der Waals surface area contributed by atoms with Gasteiger partial charge in [-0.15, -0.1) is 18.8 Å². The third kappa shape index (κ3) is 4.88. The zero-order valence-corrected chi connectivity index (χ0v) is 9.74. The molecule has 2 heteroatoms. The first-order valence-electron chi connectivity index (χ1n) is 7.00. The van der Waals surface area contributed by atoms with Gasteiger partial charge in [0.15, 0.2) is 0 Å². The fourth-order valence-electron chi connectivity index (χ4n) is 1.13. The van der Waals surface area contributed by atoms with Crippen LogP contribution >= 0.6 is 12.4 Å². The Morgan fingerprint density at radius 1 is 1.47 bits per heavy atom. The molecular formula is C13H18ClN. The van der Waals surface area contributed by atoms with Crippen LogP contribution in [0.5, 0.6) is 0 Å². The Morgan fingerprint density at radius 2 is 2.07 bits per heavy atom. The van der Waals surface area contributed by atoms with E-state index in [1.54, 1.807) is 0 Å². The normalized spacial score (nSPS) is 16.3. The van der Waals surface area contributed by atoms with E-state index in [2.05, 4.69) is 5.92 Å². The Bertz CT molecular complexity index is 497. The van der Waals surface area contributed by atoms with Crippen LogP contribution in [0.15, 0.2) is 30.2 Å². The number of hydrogen-bond donors (Lipinski definition) is 0. The minimum Gasteiger partial charge on any atom is -0.292 e. The van der Waals surface area contributed by atoms with Crippen molar-refractivity contribution in [3.63, 3.8) is 0 Å². The average Bonchev–Trinajstić information content (AvgIpc) is 2.39. The largest absolute Gasteiger partial charge is 0.292 e. The van der Waals surface area contributed by atoms with Crippen molar-refractivity contribution in [3.8, 4) is 12.3 Å². The molecule has 1 atom stereocenters. The Balaban J connectivity index is 0.00000361. The third-order valence-electron chi connectivity index (χ3n) is 2.14. The Morgan fingerprint density at radius 3 is 2.60 bits per heavy atom. The maximum absolute atomic E-state index is 7.84. The summed E-state index contributed by atoms with van der Waals surface area (Å²) in [5, 5.41) is 0. The van der Waals surface area contributed by atoms with E-state index in [1.165, 1.54) is 0 Å². The zero-order valence-electron chi connectivity index (χ0n) is 13.9. The average molecular weight is 229 g/mol. The van der Waals surface area contributed by atoms with Crippen molar-refractivity contribution < 1.29 is 6.85 Å². The van der Waals surface area contributed by atoms with E-state index in [1.807, 2.05) is 18.9 Å². The van der Waals surface area contributed by atoms with Gasteiger partial charge < -0.3 is 0 Å². The van der Waals surface area contributed by atoms with Crippen molar-refractivity contribution in [2.45, 2.75) is 19.4 Å². The number of hydrogen-bond acceptors (Lipinski definition) is 1.